The first kappa shape index (κ1) is 18.3. The molecule has 1 amide bonds. The Bertz CT molecular complexity index is 910. The largest absolute Gasteiger partial charge is 0.383 e. The molecule has 0 unspecified atom stereocenters. The van der Waals surface area contributed by atoms with E-state index in [-0.39, 0.29) is 5.91 Å². The Morgan fingerprint density at radius 3 is 2.69 bits per heavy atom. The number of hydrogen-bond acceptors (Lipinski definition) is 4. The van der Waals surface area contributed by atoms with Crippen molar-refractivity contribution in [3.63, 3.8) is 0 Å². The summed E-state index contributed by atoms with van der Waals surface area (Å²) in [5.41, 5.74) is 3.13. The van der Waals surface area contributed by atoms with Crippen molar-refractivity contribution in [1.29, 1.82) is 0 Å². The number of benzene rings is 1. The smallest absolute Gasteiger partial charge is 0.254 e. The zero-order chi connectivity index (χ0) is 18.5. The van der Waals surface area contributed by atoms with Gasteiger partial charge >= 0.3 is 0 Å². The normalized spacial score (nSPS) is 10.9. The van der Waals surface area contributed by atoms with E-state index in [0.29, 0.717) is 30.3 Å². The Morgan fingerprint density at radius 2 is 1.96 bits per heavy atom. The Kier molecular flexibility index (Phi) is 5.81. The Morgan fingerprint density at radius 1 is 1.19 bits per heavy atom. The second-order valence-corrected chi connectivity index (χ2v) is 6.48. The molecule has 0 fully saturated rings. The van der Waals surface area contributed by atoms with Crippen LogP contribution in [0.4, 0.5) is 0 Å². The summed E-state index contributed by atoms with van der Waals surface area (Å²) in [5.74, 6) is -0.0586. The number of rotatable bonds is 6. The fraction of sp³-hybridized carbons (Fsp3) is 0.250. The molecule has 0 saturated heterocycles. The number of fused-ring (bicyclic) bond motifs is 1. The number of carbonyl (C=O) groups excluding carboxylic acids is 1. The maximum Gasteiger partial charge on any atom is 0.254 e. The molecule has 0 N–H and O–H groups in total. The van der Waals surface area contributed by atoms with Crippen LogP contribution in [-0.4, -0.2) is 41.0 Å². The van der Waals surface area contributed by atoms with Gasteiger partial charge in [-0.1, -0.05) is 17.7 Å². The van der Waals surface area contributed by atoms with Crippen LogP contribution in [0, 0.1) is 6.92 Å². The molecule has 3 aromatic rings. The number of amides is 1. The molecular formula is C20H20ClN3O2. The van der Waals surface area contributed by atoms with Crippen LogP contribution in [0.25, 0.3) is 10.9 Å². The Hall–Kier alpha value is -2.50. The summed E-state index contributed by atoms with van der Waals surface area (Å²) in [5, 5.41) is 1.39. The van der Waals surface area contributed by atoms with E-state index in [4.69, 9.17) is 16.3 Å². The topological polar surface area (TPSA) is 55.3 Å². The van der Waals surface area contributed by atoms with Gasteiger partial charge < -0.3 is 9.64 Å². The molecule has 0 saturated carbocycles. The van der Waals surface area contributed by atoms with Crippen LogP contribution in [0.2, 0.25) is 5.02 Å². The van der Waals surface area contributed by atoms with E-state index >= 15 is 0 Å². The van der Waals surface area contributed by atoms with Crippen molar-refractivity contribution < 1.29 is 9.53 Å². The lowest BCUT2D eigenvalue weighted by Crippen LogP contribution is -2.33. The molecule has 0 radical (unpaired) electrons. The molecule has 0 aliphatic heterocycles. The van der Waals surface area contributed by atoms with Gasteiger partial charge in [-0.05, 0) is 42.8 Å². The summed E-state index contributed by atoms with van der Waals surface area (Å²) >= 11 is 6.08. The van der Waals surface area contributed by atoms with Crippen LogP contribution >= 0.6 is 11.6 Å². The third-order valence-corrected chi connectivity index (χ3v) is 4.34. The number of methoxy groups -OCH3 is 1. The minimum absolute atomic E-state index is 0.0586. The third-order valence-electron chi connectivity index (χ3n) is 4.11. The number of hydrogen-bond donors (Lipinski definition) is 0. The predicted octanol–water partition coefficient (Wildman–Crippen LogP) is 3.88. The van der Waals surface area contributed by atoms with E-state index in [2.05, 4.69) is 9.97 Å². The first-order valence-electron chi connectivity index (χ1n) is 8.32. The maximum absolute atomic E-state index is 13.3. The average Bonchev–Trinajstić information content (AvgIpc) is 2.64. The Balaban J connectivity index is 1.99. The van der Waals surface area contributed by atoms with Crippen molar-refractivity contribution in [3.8, 4) is 0 Å². The quantitative estimate of drug-likeness (QED) is 0.661. The van der Waals surface area contributed by atoms with Crippen LogP contribution in [0.1, 0.15) is 21.6 Å². The Labute approximate surface area is 157 Å². The molecule has 3 rings (SSSR count). The third kappa shape index (κ3) is 4.18. The molecule has 0 atom stereocenters. The van der Waals surface area contributed by atoms with Crippen molar-refractivity contribution in [2.75, 3.05) is 20.3 Å². The van der Waals surface area contributed by atoms with Gasteiger partial charge in [0.1, 0.15) is 0 Å². The summed E-state index contributed by atoms with van der Waals surface area (Å²) in [7, 11) is 1.63. The number of halogens is 1. The predicted molar refractivity (Wildman–Crippen MR) is 102 cm³/mol. The van der Waals surface area contributed by atoms with Gasteiger partial charge in [0.05, 0.1) is 17.7 Å². The van der Waals surface area contributed by atoms with Crippen LogP contribution in [0.3, 0.4) is 0 Å². The molecule has 5 nitrogen and oxygen atoms in total. The second kappa shape index (κ2) is 8.25. The standard InChI is InChI=1S/C20H20ClN3O2/c1-14-11-18(17-4-3-16(21)12-19(17)23-14)20(25)24(9-10-26-2)13-15-5-7-22-8-6-15/h3-8,11-12H,9-10,13H2,1-2H3. The molecular weight excluding hydrogens is 350 g/mol. The van der Waals surface area contributed by atoms with Crippen LogP contribution in [0.5, 0.6) is 0 Å². The van der Waals surface area contributed by atoms with Gasteiger partial charge in [-0.2, -0.15) is 0 Å². The van der Waals surface area contributed by atoms with E-state index in [9.17, 15) is 4.79 Å². The van der Waals surface area contributed by atoms with Crippen molar-refractivity contribution in [2.45, 2.75) is 13.5 Å². The fourth-order valence-corrected chi connectivity index (χ4v) is 3.01. The van der Waals surface area contributed by atoms with E-state index < -0.39 is 0 Å². The van der Waals surface area contributed by atoms with Gasteiger partial charge in [-0.3, -0.25) is 14.8 Å². The number of aryl methyl sites for hydroxylation is 1. The summed E-state index contributed by atoms with van der Waals surface area (Å²) in [4.78, 5) is 23.6. The van der Waals surface area contributed by atoms with Crippen LogP contribution in [0.15, 0.2) is 48.8 Å². The van der Waals surface area contributed by atoms with E-state index in [0.717, 1.165) is 22.2 Å². The van der Waals surface area contributed by atoms with Crippen LogP contribution < -0.4 is 0 Å². The van der Waals surface area contributed by atoms with Crippen molar-refractivity contribution in [2.24, 2.45) is 0 Å². The lowest BCUT2D eigenvalue weighted by molar-refractivity contribution is 0.0682. The van der Waals surface area contributed by atoms with Gasteiger partial charge in [0.2, 0.25) is 0 Å². The second-order valence-electron chi connectivity index (χ2n) is 6.05. The minimum Gasteiger partial charge on any atom is -0.383 e. The first-order valence-corrected chi connectivity index (χ1v) is 8.70. The number of carbonyl (C=O) groups is 1. The van der Waals surface area contributed by atoms with Crippen molar-refractivity contribution in [1.82, 2.24) is 14.9 Å². The van der Waals surface area contributed by atoms with Crippen LogP contribution in [-0.2, 0) is 11.3 Å². The molecule has 2 aromatic heterocycles. The molecule has 0 spiro atoms. The monoisotopic (exact) mass is 369 g/mol. The number of pyridine rings is 2. The SMILES string of the molecule is COCCN(Cc1ccncc1)C(=O)c1cc(C)nc2cc(Cl)ccc12. The molecule has 0 aliphatic carbocycles. The summed E-state index contributed by atoms with van der Waals surface area (Å²) in [6.07, 6.45) is 3.45. The van der Waals surface area contributed by atoms with E-state index in [1.807, 2.05) is 31.2 Å². The maximum atomic E-state index is 13.3. The molecule has 0 aliphatic rings. The summed E-state index contributed by atoms with van der Waals surface area (Å²) in [6, 6.07) is 11.0. The van der Waals surface area contributed by atoms with Gasteiger partial charge in [0.15, 0.2) is 0 Å². The summed E-state index contributed by atoms with van der Waals surface area (Å²) < 4.78 is 5.19. The number of ether oxygens (including phenoxy) is 1. The van der Waals surface area contributed by atoms with Gasteiger partial charge in [0.25, 0.3) is 5.91 Å². The fourth-order valence-electron chi connectivity index (χ4n) is 2.84. The highest BCUT2D eigenvalue weighted by Crippen LogP contribution is 2.24. The number of aromatic nitrogens is 2. The molecule has 2 heterocycles. The lowest BCUT2D eigenvalue weighted by atomic mass is 10.1. The first-order chi connectivity index (χ1) is 12.6. The van der Waals surface area contributed by atoms with Gasteiger partial charge in [0, 0.05) is 48.7 Å². The van der Waals surface area contributed by atoms with E-state index in [1.165, 1.54) is 0 Å². The molecule has 134 valence electrons. The highest BCUT2D eigenvalue weighted by Gasteiger charge is 2.19. The summed E-state index contributed by atoms with van der Waals surface area (Å²) in [6.45, 7) is 3.32. The van der Waals surface area contributed by atoms with E-state index in [1.54, 1.807) is 36.5 Å². The average molecular weight is 370 g/mol. The van der Waals surface area contributed by atoms with Gasteiger partial charge in [-0.15, -0.1) is 0 Å². The highest BCUT2D eigenvalue weighted by atomic mass is 35.5. The lowest BCUT2D eigenvalue weighted by Gasteiger charge is -2.23. The molecule has 1 aromatic carbocycles. The van der Waals surface area contributed by atoms with Crippen molar-refractivity contribution in [3.05, 3.63) is 70.6 Å². The molecule has 0 bridgehead atoms. The number of nitrogens with zero attached hydrogens (tertiary/aromatic N) is 3. The highest BCUT2D eigenvalue weighted by molar-refractivity contribution is 6.31. The minimum atomic E-state index is -0.0586. The molecule has 6 heteroatoms. The van der Waals surface area contributed by atoms with Gasteiger partial charge in [-0.25, -0.2) is 0 Å². The molecule has 26 heavy (non-hydrogen) atoms. The van der Waals surface area contributed by atoms with Crippen molar-refractivity contribution >= 4 is 28.4 Å². The zero-order valence-corrected chi connectivity index (χ0v) is 15.5. The zero-order valence-electron chi connectivity index (χ0n) is 14.8.